The van der Waals surface area contributed by atoms with Crippen molar-refractivity contribution in [2.75, 3.05) is 31.1 Å². The fourth-order valence-corrected chi connectivity index (χ4v) is 6.83. The summed E-state index contributed by atoms with van der Waals surface area (Å²) in [6.07, 6.45) is 2.09. The van der Waals surface area contributed by atoms with Crippen molar-refractivity contribution in [2.24, 2.45) is 0 Å². The van der Waals surface area contributed by atoms with Gasteiger partial charge in [0.15, 0.2) is 0 Å². The van der Waals surface area contributed by atoms with E-state index >= 15 is 4.39 Å². The van der Waals surface area contributed by atoms with Crippen molar-refractivity contribution < 1.29 is 14.0 Å². The predicted molar refractivity (Wildman–Crippen MR) is 202 cm³/mol. The minimum Gasteiger partial charge on any atom is -0.353 e. The maximum absolute atomic E-state index is 15.0. The summed E-state index contributed by atoms with van der Waals surface area (Å²) in [5, 5.41) is 10.8. The Morgan fingerprint density at radius 1 is 0.849 bits per heavy atom. The van der Waals surface area contributed by atoms with Gasteiger partial charge in [-0.25, -0.2) is 14.5 Å². The molecule has 6 aromatic rings. The zero-order valence-corrected chi connectivity index (χ0v) is 29.6. The van der Waals surface area contributed by atoms with Crippen molar-refractivity contribution in [2.45, 2.75) is 33.7 Å². The number of rotatable bonds is 8. The predicted octanol–water partition coefficient (Wildman–Crippen LogP) is 5.22. The van der Waals surface area contributed by atoms with Gasteiger partial charge < -0.3 is 20.1 Å². The zero-order chi connectivity index (χ0) is 37.2. The number of aromatic amines is 2. The van der Waals surface area contributed by atoms with Crippen molar-refractivity contribution in [3.63, 3.8) is 0 Å². The molecule has 0 saturated carbocycles. The number of anilines is 1. The Labute approximate surface area is 304 Å². The van der Waals surface area contributed by atoms with E-state index in [4.69, 9.17) is 4.98 Å². The SMILES string of the molecule is Cc1cc(C)c(CNC(=O)c2ccc(C)c(-c3ccc(N4CCN(C(=O)c5cc(Cc6n[nH]c(=O)c7ccccc67)ccc5F)CC4)nc3)c2)c(=O)[nH]1. The Hall–Kier alpha value is -6.43. The highest BCUT2D eigenvalue weighted by molar-refractivity contribution is 5.96. The molecule has 53 heavy (non-hydrogen) atoms. The van der Waals surface area contributed by atoms with Gasteiger partial charge in [0.1, 0.15) is 11.6 Å². The van der Waals surface area contributed by atoms with E-state index in [9.17, 15) is 19.2 Å². The lowest BCUT2D eigenvalue weighted by Gasteiger charge is -2.35. The maximum atomic E-state index is 15.0. The summed E-state index contributed by atoms with van der Waals surface area (Å²) in [6, 6.07) is 22.9. The van der Waals surface area contributed by atoms with Gasteiger partial charge in [0.2, 0.25) is 0 Å². The average molecular weight is 712 g/mol. The Morgan fingerprint density at radius 3 is 2.36 bits per heavy atom. The number of H-pyrrole nitrogens is 2. The van der Waals surface area contributed by atoms with Crippen LogP contribution in [-0.2, 0) is 13.0 Å². The molecule has 1 saturated heterocycles. The van der Waals surface area contributed by atoms with Gasteiger partial charge in [0.05, 0.1) is 16.6 Å². The molecule has 3 aromatic heterocycles. The summed E-state index contributed by atoms with van der Waals surface area (Å²) in [6.45, 7) is 7.58. The van der Waals surface area contributed by atoms with E-state index in [1.54, 1.807) is 41.4 Å². The van der Waals surface area contributed by atoms with Crippen LogP contribution in [0.15, 0.2) is 94.6 Å². The molecule has 268 valence electrons. The third-order valence-electron chi connectivity index (χ3n) is 9.78. The van der Waals surface area contributed by atoms with Crippen molar-refractivity contribution in [1.82, 2.24) is 30.4 Å². The normalized spacial score (nSPS) is 13.0. The second-order valence-corrected chi connectivity index (χ2v) is 13.4. The molecular weight excluding hydrogens is 673 g/mol. The smallest absolute Gasteiger partial charge is 0.272 e. The molecule has 12 heteroatoms. The van der Waals surface area contributed by atoms with Gasteiger partial charge in [-0.2, -0.15) is 5.10 Å². The van der Waals surface area contributed by atoms with Gasteiger partial charge >= 0.3 is 0 Å². The minimum atomic E-state index is -0.592. The number of nitrogens with zero attached hydrogens (tertiary/aromatic N) is 4. The maximum Gasteiger partial charge on any atom is 0.272 e. The third-order valence-corrected chi connectivity index (χ3v) is 9.78. The molecule has 4 heterocycles. The lowest BCUT2D eigenvalue weighted by Crippen LogP contribution is -2.49. The molecular formula is C41H38FN7O4. The van der Waals surface area contributed by atoms with E-state index in [0.717, 1.165) is 33.8 Å². The van der Waals surface area contributed by atoms with Gasteiger partial charge in [-0.15, -0.1) is 0 Å². The summed E-state index contributed by atoms with van der Waals surface area (Å²) in [4.78, 5) is 62.4. The molecule has 0 radical (unpaired) electrons. The number of amides is 2. The van der Waals surface area contributed by atoms with Crippen LogP contribution in [-0.4, -0.2) is 63.1 Å². The van der Waals surface area contributed by atoms with E-state index in [0.29, 0.717) is 65.8 Å². The molecule has 7 rings (SSSR count). The first-order chi connectivity index (χ1) is 25.5. The highest BCUT2D eigenvalue weighted by atomic mass is 19.1. The topological polar surface area (TPSA) is 144 Å². The Morgan fingerprint density at radius 2 is 1.62 bits per heavy atom. The van der Waals surface area contributed by atoms with E-state index in [1.807, 2.05) is 63.2 Å². The molecule has 1 fully saturated rings. The van der Waals surface area contributed by atoms with Crippen LogP contribution >= 0.6 is 0 Å². The van der Waals surface area contributed by atoms with E-state index < -0.39 is 5.82 Å². The standard InChI is InChI=1S/C41H38FN7O4/c1-24-8-10-28(38(50)44-23-34-25(2)18-26(3)45-39(34)51)21-32(24)29-11-13-37(43-22-29)48-14-16-49(17-15-48)41(53)33-19-27(9-12-35(33)42)20-36-30-6-4-5-7-31(30)40(52)47-46-36/h4-13,18-19,21-22H,14-17,20,23H2,1-3H3,(H,44,50)(H,45,51)(H,47,52). The molecule has 11 nitrogen and oxygen atoms in total. The second-order valence-electron chi connectivity index (χ2n) is 13.4. The Bertz CT molecular complexity index is 2480. The summed E-state index contributed by atoms with van der Waals surface area (Å²) < 4.78 is 15.0. The van der Waals surface area contributed by atoms with Gasteiger partial charge in [-0.05, 0) is 91.6 Å². The quantitative estimate of drug-likeness (QED) is 0.196. The summed E-state index contributed by atoms with van der Waals surface area (Å²) >= 11 is 0. The third kappa shape index (κ3) is 7.34. The number of carbonyl (C=O) groups is 2. The molecule has 1 aliphatic rings. The number of fused-ring (bicyclic) bond motifs is 1. The van der Waals surface area contributed by atoms with Crippen molar-refractivity contribution in [1.29, 1.82) is 0 Å². The van der Waals surface area contributed by atoms with Crippen LogP contribution in [0.25, 0.3) is 21.9 Å². The van der Waals surface area contributed by atoms with E-state index in [-0.39, 0.29) is 35.0 Å². The molecule has 2 amide bonds. The van der Waals surface area contributed by atoms with Crippen LogP contribution < -0.4 is 21.3 Å². The number of aryl methyl sites for hydroxylation is 3. The molecule has 3 N–H and O–H groups in total. The molecule has 0 aliphatic carbocycles. The molecule has 0 bridgehead atoms. The van der Waals surface area contributed by atoms with E-state index in [2.05, 4.69) is 25.4 Å². The molecule has 0 unspecified atom stereocenters. The first kappa shape index (κ1) is 35.0. The molecule has 0 spiro atoms. The molecule has 3 aromatic carbocycles. The average Bonchev–Trinajstić information content (AvgIpc) is 3.16. The number of halogens is 1. The number of nitrogens with one attached hydrogen (secondary N) is 3. The summed E-state index contributed by atoms with van der Waals surface area (Å²) in [5.41, 5.74) is 6.12. The van der Waals surface area contributed by atoms with Crippen molar-refractivity contribution >= 4 is 28.4 Å². The fourth-order valence-electron chi connectivity index (χ4n) is 6.83. The second kappa shape index (κ2) is 14.7. The van der Waals surface area contributed by atoms with Crippen LogP contribution in [0.1, 0.15) is 54.4 Å². The van der Waals surface area contributed by atoms with Gasteiger partial charge in [-0.3, -0.25) is 19.2 Å². The zero-order valence-electron chi connectivity index (χ0n) is 29.6. The number of benzene rings is 3. The van der Waals surface area contributed by atoms with Crippen LogP contribution in [0, 0.1) is 26.6 Å². The number of hydrogen-bond donors (Lipinski definition) is 3. The first-order valence-corrected chi connectivity index (χ1v) is 17.4. The van der Waals surface area contributed by atoms with Gasteiger partial charge in [-0.1, -0.05) is 30.3 Å². The Balaban J connectivity index is 0.990. The lowest BCUT2D eigenvalue weighted by atomic mass is 9.99. The first-order valence-electron chi connectivity index (χ1n) is 17.4. The highest BCUT2D eigenvalue weighted by Crippen LogP contribution is 2.27. The lowest BCUT2D eigenvalue weighted by molar-refractivity contribution is 0.0741. The van der Waals surface area contributed by atoms with Crippen molar-refractivity contribution in [3.05, 3.63) is 156 Å². The van der Waals surface area contributed by atoms with Crippen LogP contribution in [0.3, 0.4) is 0 Å². The number of carbonyl (C=O) groups excluding carboxylic acids is 2. The van der Waals surface area contributed by atoms with Crippen LogP contribution in [0.2, 0.25) is 0 Å². The number of pyridine rings is 2. The van der Waals surface area contributed by atoms with Gasteiger partial charge in [0, 0.05) is 73.1 Å². The van der Waals surface area contributed by atoms with Crippen LogP contribution in [0.5, 0.6) is 0 Å². The largest absolute Gasteiger partial charge is 0.353 e. The highest BCUT2D eigenvalue weighted by Gasteiger charge is 2.25. The summed E-state index contributed by atoms with van der Waals surface area (Å²) in [7, 11) is 0. The minimum absolute atomic E-state index is 0.00244. The van der Waals surface area contributed by atoms with Gasteiger partial charge in [0.25, 0.3) is 22.9 Å². The molecule has 0 atom stereocenters. The van der Waals surface area contributed by atoms with Crippen LogP contribution in [0.4, 0.5) is 10.2 Å². The number of piperazine rings is 1. The molecule has 1 aliphatic heterocycles. The monoisotopic (exact) mass is 711 g/mol. The fraction of sp³-hybridized carbons (Fsp3) is 0.220. The number of aromatic nitrogens is 4. The van der Waals surface area contributed by atoms with E-state index in [1.165, 1.54) is 6.07 Å². The van der Waals surface area contributed by atoms with Crippen molar-refractivity contribution in [3.8, 4) is 11.1 Å². The Kier molecular flexibility index (Phi) is 9.68. The summed E-state index contributed by atoms with van der Waals surface area (Å²) in [5.74, 6) is -0.508. The number of hydrogen-bond acceptors (Lipinski definition) is 7.